The number of thioether (sulfide) groups is 1. The van der Waals surface area contributed by atoms with E-state index in [-0.39, 0.29) is 27.5 Å². The number of aromatic nitrogens is 2. The Labute approximate surface area is 173 Å². The zero-order chi connectivity index (χ0) is 20.8. The van der Waals surface area contributed by atoms with Crippen molar-refractivity contribution in [2.24, 2.45) is 0 Å². The predicted molar refractivity (Wildman–Crippen MR) is 110 cm³/mol. The monoisotopic (exact) mass is 415 g/mol. The van der Waals surface area contributed by atoms with Crippen LogP contribution in [0, 0.1) is 0 Å². The molecule has 0 saturated heterocycles. The van der Waals surface area contributed by atoms with Gasteiger partial charge in [0.2, 0.25) is 17.6 Å². The summed E-state index contributed by atoms with van der Waals surface area (Å²) in [4.78, 5) is 29.0. The molecule has 0 radical (unpaired) electrons. The number of carboxylic acid groups (broad SMARTS) is 1. The fraction of sp³-hybridized carbons (Fsp3) is 0.524. The summed E-state index contributed by atoms with van der Waals surface area (Å²) in [6.07, 6.45) is 7.83. The van der Waals surface area contributed by atoms with Crippen molar-refractivity contribution in [3.05, 3.63) is 40.6 Å². The average Bonchev–Trinajstić information content (AvgIpc) is 3.38. The normalized spacial score (nSPS) is 24.2. The first-order valence-electron chi connectivity index (χ1n) is 9.92. The van der Waals surface area contributed by atoms with Crippen LogP contribution in [-0.4, -0.2) is 37.7 Å². The molecule has 1 aliphatic heterocycles. The van der Waals surface area contributed by atoms with Gasteiger partial charge in [0.15, 0.2) is 0 Å². The number of nitrogens with zero attached hydrogens (tertiary/aromatic N) is 2. The van der Waals surface area contributed by atoms with Crippen molar-refractivity contribution in [2.75, 3.05) is 0 Å². The highest BCUT2D eigenvalue weighted by atomic mass is 32.2. The number of allylic oxidation sites excluding steroid dienone is 2. The maximum absolute atomic E-state index is 12.9. The van der Waals surface area contributed by atoms with Crippen LogP contribution in [0.3, 0.4) is 0 Å². The van der Waals surface area contributed by atoms with Gasteiger partial charge < -0.3 is 14.9 Å². The average molecular weight is 416 g/mol. The third kappa shape index (κ3) is 3.77. The molecule has 2 unspecified atom stereocenters. The van der Waals surface area contributed by atoms with E-state index < -0.39 is 5.97 Å². The van der Waals surface area contributed by atoms with Crippen LogP contribution in [0.15, 0.2) is 33.4 Å². The van der Waals surface area contributed by atoms with Gasteiger partial charge in [-0.25, -0.2) is 4.79 Å². The molecule has 8 heteroatoms. The predicted octanol–water partition coefficient (Wildman–Crippen LogP) is 3.59. The Hall–Kier alpha value is -2.35. The molecule has 0 fully saturated rings. The number of amides is 1. The lowest BCUT2D eigenvalue weighted by Gasteiger charge is -2.17. The number of nitrogens with one attached hydrogen (secondary N) is 1. The Bertz CT molecular complexity index is 951. The smallest absolute Gasteiger partial charge is 0.332 e. The summed E-state index contributed by atoms with van der Waals surface area (Å²) in [7, 11) is 0. The molecule has 7 nitrogen and oxygen atoms in total. The fourth-order valence-corrected chi connectivity index (χ4v) is 5.44. The van der Waals surface area contributed by atoms with Crippen LogP contribution in [0.2, 0.25) is 0 Å². The molecule has 3 aliphatic rings. The summed E-state index contributed by atoms with van der Waals surface area (Å²) in [6.45, 7) is 6.02. The molecule has 2 N–H and O–H groups in total. The van der Waals surface area contributed by atoms with E-state index >= 15 is 0 Å². The van der Waals surface area contributed by atoms with Crippen LogP contribution in [0.1, 0.15) is 64.6 Å². The molecule has 2 heterocycles. The van der Waals surface area contributed by atoms with E-state index in [1.165, 1.54) is 0 Å². The van der Waals surface area contributed by atoms with E-state index in [2.05, 4.69) is 27.6 Å². The molecule has 1 aromatic rings. The number of carboxylic acids is 1. The van der Waals surface area contributed by atoms with Crippen molar-refractivity contribution in [2.45, 2.75) is 68.9 Å². The fourth-order valence-electron chi connectivity index (χ4n) is 3.94. The second kappa shape index (κ2) is 7.48. The maximum atomic E-state index is 12.9. The Balaban J connectivity index is 1.67. The van der Waals surface area contributed by atoms with Gasteiger partial charge in [-0.15, -0.1) is 11.8 Å². The van der Waals surface area contributed by atoms with Crippen molar-refractivity contribution in [3.8, 4) is 0 Å². The first-order chi connectivity index (χ1) is 13.8. The van der Waals surface area contributed by atoms with Gasteiger partial charge in [0, 0.05) is 27.4 Å². The lowest BCUT2D eigenvalue weighted by molar-refractivity contribution is -0.133. The highest BCUT2D eigenvalue weighted by Crippen LogP contribution is 2.46. The topological polar surface area (TPSA) is 105 Å². The second-order valence-electron chi connectivity index (χ2n) is 8.62. The first-order valence-corrected chi connectivity index (χ1v) is 10.9. The van der Waals surface area contributed by atoms with Crippen molar-refractivity contribution in [1.82, 2.24) is 15.5 Å². The van der Waals surface area contributed by atoms with E-state index in [9.17, 15) is 14.7 Å². The summed E-state index contributed by atoms with van der Waals surface area (Å²) in [6, 6.07) is 0. The summed E-state index contributed by atoms with van der Waals surface area (Å²) in [5, 5.41) is 16.6. The van der Waals surface area contributed by atoms with Gasteiger partial charge in [-0.3, -0.25) is 4.79 Å². The van der Waals surface area contributed by atoms with E-state index in [1.807, 2.05) is 20.8 Å². The molecule has 4 rings (SSSR count). The number of hydrogen-bond acceptors (Lipinski definition) is 6. The zero-order valence-electron chi connectivity index (χ0n) is 16.8. The molecule has 1 aromatic heterocycles. The number of rotatable bonds is 4. The van der Waals surface area contributed by atoms with Crippen LogP contribution in [-0.2, 0) is 15.0 Å². The van der Waals surface area contributed by atoms with Crippen molar-refractivity contribution in [1.29, 1.82) is 0 Å². The highest BCUT2D eigenvalue weighted by molar-refractivity contribution is 8.01. The number of fused-ring (bicyclic) bond motifs is 1. The van der Waals surface area contributed by atoms with Crippen LogP contribution in [0.4, 0.5) is 0 Å². The van der Waals surface area contributed by atoms with Crippen molar-refractivity contribution in [3.63, 3.8) is 0 Å². The minimum absolute atomic E-state index is 0.228. The Morgan fingerprint density at radius 2 is 2.03 bits per heavy atom. The summed E-state index contributed by atoms with van der Waals surface area (Å²) >= 11 is 1.66. The van der Waals surface area contributed by atoms with E-state index in [4.69, 9.17) is 4.52 Å². The molecule has 0 aromatic carbocycles. The van der Waals surface area contributed by atoms with Crippen molar-refractivity contribution >= 4 is 29.2 Å². The summed E-state index contributed by atoms with van der Waals surface area (Å²) in [5.41, 5.74) is 2.32. The molecule has 1 amide bonds. The molecule has 0 bridgehead atoms. The first kappa shape index (κ1) is 19.9. The van der Waals surface area contributed by atoms with Crippen LogP contribution >= 0.6 is 11.8 Å². The molecule has 29 heavy (non-hydrogen) atoms. The molecular weight excluding hydrogens is 390 g/mol. The summed E-state index contributed by atoms with van der Waals surface area (Å²) < 4.78 is 5.49. The van der Waals surface area contributed by atoms with E-state index in [1.54, 1.807) is 11.8 Å². The quantitative estimate of drug-likeness (QED) is 0.774. The van der Waals surface area contributed by atoms with Crippen LogP contribution in [0.25, 0.3) is 5.57 Å². The molecule has 0 spiro atoms. The molecule has 154 valence electrons. The standard InChI is InChI=1S/C21H25N3O4S/c1-21(2,3)20-22-16(24-28-20)15-13-7-4-5-10-14(13)29-18(15)23-17(25)11-8-6-9-12(11)19(26)27/h4,7,14,18H,5-6,8-10H2,1-3H3,(H,23,25)(H,26,27). The minimum atomic E-state index is -1.00. The molecule has 2 aliphatic carbocycles. The van der Waals surface area contributed by atoms with Gasteiger partial charge in [0.1, 0.15) is 5.37 Å². The third-order valence-corrected chi connectivity index (χ3v) is 6.88. The van der Waals surface area contributed by atoms with Gasteiger partial charge in [0.05, 0.1) is 0 Å². The third-order valence-electron chi connectivity index (χ3n) is 5.43. The second-order valence-corrected chi connectivity index (χ2v) is 9.93. The lowest BCUT2D eigenvalue weighted by Crippen LogP contribution is -2.34. The Morgan fingerprint density at radius 3 is 2.72 bits per heavy atom. The van der Waals surface area contributed by atoms with Gasteiger partial charge in [-0.1, -0.05) is 38.1 Å². The van der Waals surface area contributed by atoms with E-state index in [0.29, 0.717) is 36.6 Å². The number of carbonyl (C=O) groups is 2. The van der Waals surface area contributed by atoms with Gasteiger partial charge >= 0.3 is 5.97 Å². The lowest BCUT2D eigenvalue weighted by atomic mass is 9.95. The SMILES string of the molecule is CC(C)(C)c1nc(C2=C3C=CCCC3SC2NC(=O)C2=C(C(=O)O)CCC2)no1. The van der Waals surface area contributed by atoms with Crippen LogP contribution in [0.5, 0.6) is 0 Å². The van der Waals surface area contributed by atoms with Gasteiger partial charge in [-0.2, -0.15) is 4.98 Å². The maximum Gasteiger partial charge on any atom is 0.332 e. The molecule has 2 atom stereocenters. The number of aliphatic carboxylic acids is 1. The van der Waals surface area contributed by atoms with Crippen molar-refractivity contribution < 1.29 is 19.2 Å². The molecule has 0 saturated carbocycles. The zero-order valence-corrected chi connectivity index (χ0v) is 17.6. The van der Waals surface area contributed by atoms with Gasteiger partial charge in [-0.05, 0) is 37.7 Å². The number of carbonyl (C=O) groups excluding carboxylic acids is 1. The largest absolute Gasteiger partial charge is 0.478 e. The Morgan fingerprint density at radius 1 is 1.28 bits per heavy atom. The minimum Gasteiger partial charge on any atom is -0.478 e. The molecular formula is C21H25N3O4S. The highest BCUT2D eigenvalue weighted by Gasteiger charge is 2.39. The Kier molecular flexibility index (Phi) is 5.14. The van der Waals surface area contributed by atoms with Gasteiger partial charge in [0.25, 0.3) is 0 Å². The van der Waals surface area contributed by atoms with Crippen LogP contribution < -0.4 is 5.32 Å². The number of hydrogen-bond donors (Lipinski definition) is 2. The summed E-state index contributed by atoms with van der Waals surface area (Å²) in [5.74, 6) is -0.270. The van der Waals surface area contributed by atoms with E-state index in [0.717, 1.165) is 24.0 Å².